The molecule has 2 nitrogen and oxygen atoms in total. The van der Waals surface area contributed by atoms with Gasteiger partial charge in [0.2, 0.25) is 0 Å². The van der Waals surface area contributed by atoms with Crippen LogP contribution in [0.1, 0.15) is 22.3 Å². The predicted molar refractivity (Wildman–Crippen MR) is 135 cm³/mol. The number of para-hydroxylation sites is 1. The molecule has 0 N–H and O–H groups in total. The Morgan fingerprint density at radius 2 is 1.34 bits per heavy atom. The van der Waals surface area contributed by atoms with E-state index in [1.165, 1.54) is 0 Å². The van der Waals surface area contributed by atoms with Gasteiger partial charge in [-0.1, -0.05) is 103 Å². The summed E-state index contributed by atoms with van der Waals surface area (Å²) in [6, 6.07) is 36.8. The number of hydrogen-bond acceptors (Lipinski definition) is 2. The molecule has 4 aromatic carbocycles. The molecule has 0 aliphatic carbocycles. The Morgan fingerprint density at radius 1 is 0.750 bits per heavy atom. The number of aliphatic imine (C=N–C) groups is 1. The lowest BCUT2D eigenvalue weighted by molar-refractivity contribution is 0.415. The predicted octanol–water partition coefficient (Wildman–Crippen LogP) is 7.38. The molecular formula is C30H25NO. The van der Waals surface area contributed by atoms with Gasteiger partial charge in [0.05, 0.1) is 18.4 Å². The molecule has 0 aliphatic heterocycles. The average molecular weight is 416 g/mol. The van der Waals surface area contributed by atoms with E-state index >= 15 is 0 Å². The fourth-order valence-corrected chi connectivity index (χ4v) is 3.45. The lowest BCUT2D eigenvalue weighted by Crippen LogP contribution is -1.88. The summed E-state index contributed by atoms with van der Waals surface area (Å²) in [4.78, 5) is 4.77. The Kier molecular flexibility index (Phi) is 7.10. The number of benzene rings is 4. The summed E-state index contributed by atoms with van der Waals surface area (Å²) < 4.78 is 5.22. The highest BCUT2D eigenvalue weighted by molar-refractivity contribution is 5.99. The zero-order valence-corrected chi connectivity index (χ0v) is 18.1. The van der Waals surface area contributed by atoms with Gasteiger partial charge in [0.15, 0.2) is 0 Å². The Bertz CT molecular complexity index is 1190. The maximum atomic E-state index is 5.22. The molecule has 4 rings (SSSR count). The van der Waals surface area contributed by atoms with Crippen LogP contribution in [0, 0.1) is 0 Å². The maximum absolute atomic E-state index is 5.22. The van der Waals surface area contributed by atoms with E-state index in [0.29, 0.717) is 0 Å². The van der Waals surface area contributed by atoms with Crippen molar-refractivity contribution < 1.29 is 4.74 Å². The topological polar surface area (TPSA) is 21.6 Å². The third-order valence-electron chi connectivity index (χ3n) is 5.17. The summed E-state index contributed by atoms with van der Waals surface area (Å²) in [6.45, 7) is 0. The van der Waals surface area contributed by atoms with E-state index in [9.17, 15) is 0 Å². The number of nitrogens with zero attached hydrogens (tertiary/aromatic N) is 1. The minimum absolute atomic E-state index is 0.791. The molecule has 0 radical (unpaired) electrons. The van der Waals surface area contributed by atoms with Crippen LogP contribution in [0.15, 0.2) is 120 Å². The van der Waals surface area contributed by atoms with Gasteiger partial charge in [-0.3, -0.25) is 0 Å². The van der Waals surface area contributed by atoms with E-state index < -0.39 is 0 Å². The zero-order chi connectivity index (χ0) is 22.0. The third kappa shape index (κ3) is 5.51. The fraction of sp³-hybridized carbons (Fsp3) is 0.0667. The van der Waals surface area contributed by atoms with Gasteiger partial charge in [-0.2, -0.15) is 0 Å². The lowest BCUT2D eigenvalue weighted by atomic mass is 9.99. The summed E-state index contributed by atoms with van der Waals surface area (Å²) >= 11 is 0. The van der Waals surface area contributed by atoms with Gasteiger partial charge < -0.3 is 4.74 Å². The summed E-state index contributed by atoms with van der Waals surface area (Å²) in [7, 11) is 1.68. The van der Waals surface area contributed by atoms with Crippen LogP contribution in [-0.2, 0) is 6.42 Å². The van der Waals surface area contributed by atoms with Gasteiger partial charge in [0.25, 0.3) is 0 Å². The summed E-state index contributed by atoms with van der Waals surface area (Å²) in [5.41, 5.74) is 6.40. The molecule has 0 amide bonds. The molecule has 0 atom stereocenters. The number of methoxy groups -OCH3 is 1. The van der Waals surface area contributed by atoms with Crippen molar-refractivity contribution in [1.82, 2.24) is 0 Å². The summed E-state index contributed by atoms with van der Waals surface area (Å²) in [5, 5.41) is 0. The molecule has 0 bridgehead atoms. The summed E-state index contributed by atoms with van der Waals surface area (Å²) in [5.74, 6) is 4.20. The highest BCUT2D eigenvalue weighted by Crippen LogP contribution is 2.23. The SMILES string of the molecule is COc1ccc(/C=C\Cc2ccccc2N=C=C(c2ccccc2)c2ccccc2)cc1. The summed E-state index contributed by atoms with van der Waals surface area (Å²) in [6.07, 6.45) is 5.07. The first-order chi connectivity index (χ1) is 15.8. The molecule has 32 heavy (non-hydrogen) atoms. The third-order valence-corrected chi connectivity index (χ3v) is 5.17. The first kappa shape index (κ1) is 21.1. The van der Waals surface area contributed by atoms with Crippen molar-refractivity contribution in [2.45, 2.75) is 6.42 Å². The number of allylic oxidation sites excluding steroid dienone is 1. The average Bonchev–Trinajstić information content (AvgIpc) is 2.87. The normalized spacial score (nSPS) is 10.5. The molecule has 0 aromatic heterocycles. The van der Waals surface area contributed by atoms with Crippen LogP contribution in [0.2, 0.25) is 0 Å². The van der Waals surface area contributed by atoms with Crippen molar-refractivity contribution >= 4 is 23.2 Å². The van der Waals surface area contributed by atoms with Crippen molar-refractivity contribution in [2.75, 3.05) is 7.11 Å². The Hall–Kier alpha value is -4.13. The Labute approximate surface area is 189 Å². The Morgan fingerprint density at radius 3 is 1.97 bits per heavy atom. The van der Waals surface area contributed by atoms with Gasteiger partial charge in [-0.05, 0) is 52.7 Å². The molecule has 0 heterocycles. The van der Waals surface area contributed by atoms with Crippen LogP contribution >= 0.6 is 0 Å². The highest BCUT2D eigenvalue weighted by atomic mass is 16.5. The second kappa shape index (κ2) is 10.8. The zero-order valence-electron chi connectivity index (χ0n) is 18.1. The second-order valence-corrected chi connectivity index (χ2v) is 7.34. The van der Waals surface area contributed by atoms with Gasteiger partial charge in [-0.15, -0.1) is 0 Å². The largest absolute Gasteiger partial charge is 0.497 e. The van der Waals surface area contributed by atoms with Crippen molar-refractivity contribution in [3.05, 3.63) is 138 Å². The van der Waals surface area contributed by atoms with E-state index in [0.717, 1.165) is 45.7 Å². The van der Waals surface area contributed by atoms with Gasteiger partial charge >= 0.3 is 0 Å². The van der Waals surface area contributed by atoms with Crippen LogP contribution < -0.4 is 4.74 Å². The van der Waals surface area contributed by atoms with Crippen LogP contribution in [0.25, 0.3) is 11.6 Å². The van der Waals surface area contributed by atoms with Gasteiger partial charge in [0, 0.05) is 0 Å². The van der Waals surface area contributed by atoms with Crippen molar-refractivity contribution in [3.8, 4) is 5.75 Å². The minimum atomic E-state index is 0.791. The molecule has 0 saturated heterocycles. The molecule has 2 heteroatoms. The first-order valence-electron chi connectivity index (χ1n) is 10.7. The van der Waals surface area contributed by atoms with Crippen molar-refractivity contribution in [2.24, 2.45) is 4.99 Å². The minimum Gasteiger partial charge on any atom is -0.497 e. The van der Waals surface area contributed by atoms with Crippen LogP contribution in [0.5, 0.6) is 5.75 Å². The van der Waals surface area contributed by atoms with Crippen LogP contribution in [0.4, 0.5) is 5.69 Å². The number of ether oxygens (including phenoxy) is 1. The van der Waals surface area contributed by atoms with E-state index in [1.54, 1.807) is 7.11 Å². The van der Waals surface area contributed by atoms with E-state index in [2.05, 4.69) is 54.4 Å². The molecule has 0 fully saturated rings. The lowest BCUT2D eigenvalue weighted by Gasteiger charge is -2.05. The number of rotatable bonds is 7. The molecule has 0 aliphatic rings. The highest BCUT2D eigenvalue weighted by Gasteiger charge is 2.04. The molecule has 4 aromatic rings. The number of hydrogen-bond donors (Lipinski definition) is 0. The Balaban J connectivity index is 1.63. The quantitative estimate of drug-likeness (QED) is 0.288. The molecular weight excluding hydrogens is 390 g/mol. The molecule has 0 saturated carbocycles. The van der Waals surface area contributed by atoms with Crippen molar-refractivity contribution in [1.29, 1.82) is 0 Å². The smallest absolute Gasteiger partial charge is 0.118 e. The van der Waals surface area contributed by atoms with Gasteiger partial charge in [-0.25, -0.2) is 4.99 Å². The van der Waals surface area contributed by atoms with E-state index in [-0.39, 0.29) is 0 Å². The van der Waals surface area contributed by atoms with Crippen molar-refractivity contribution in [3.63, 3.8) is 0 Å². The molecule has 0 spiro atoms. The first-order valence-corrected chi connectivity index (χ1v) is 10.7. The van der Waals surface area contributed by atoms with E-state index in [4.69, 9.17) is 9.73 Å². The van der Waals surface area contributed by atoms with E-state index in [1.807, 2.05) is 72.8 Å². The van der Waals surface area contributed by atoms with Crippen LogP contribution in [-0.4, -0.2) is 13.0 Å². The maximum Gasteiger partial charge on any atom is 0.118 e. The monoisotopic (exact) mass is 415 g/mol. The standard InChI is InChI=1S/C30H25NO/c1-32-28-21-19-24(20-22-28)11-10-17-27-16-8-9-18-30(27)31-23-29(25-12-4-2-5-13-25)26-14-6-3-7-15-26/h2-16,18-22H,17H2,1H3/b11-10-. The van der Waals surface area contributed by atoms with Crippen LogP contribution in [0.3, 0.4) is 0 Å². The molecule has 0 unspecified atom stereocenters. The molecule has 156 valence electrons. The fourth-order valence-electron chi connectivity index (χ4n) is 3.45. The second-order valence-electron chi connectivity index (χ2n) is 7.34. The van der Waals surface area contributed by atoms with Gasteiger partial charge in [0.1, 0.15) is 5.75 Å².